The first-order valence-corrected chi connectivity index (χ1v) is 7.19. The zero-order valence-electron chi connectivity index (χ0n) is 9.67. The molecule has 3 heteroatoms. The van der Waals surface area contributed by atoms with Crippen LogP contribution < -0.4 is 0 Å². The van der Waals surface area contributed by atoms with Gasteiger partial charge in [0, 0.05) is 24.8 Å². The molecule has 1 fully saturated rings. The summed E-state index contributed by atoms with van der Waals surface area (Å²) in [5.74, 6) is 0.686. The molecule has 0 atom stereocenters. The number of rotatable bonds is 4. The standard InChI is InChI=1S/C12H22BrNO/c1-14(10-6-9-13)12(15)11-7-4-2-3-5-8-11/h11H,2-10H2,1H3. The Morgan fingerprint density at radius 3 is 2.40 bits per heavy atom. The van der Waals surface area contributed by atoms with Crippen molar-refractivity contribution in [2.45, 2.75) is 44.9 Å². The second-order valence-corrected chi connectivity index (χ2v) is 5.28. The van der Waals surface area contributed by atoms with Gasteiger partial charge in [0.2, 0.25) is 5.91 Å². The van der Waals surface area contributed by atoms with Crippen molar-refractivity contribution in [3.05, 3.63) is 0 Å². The minimum atomic E-state index is 0.313. The average Bonchev–Trinajstić information content (AvgIpc) is 2.53. The van der Waals surface area contributed by atoms with Gasteiger partial charge in [-0.3, -0.25) is 4.79 Å². The molecule has 0 spiro atoms. The van der Waals surface area contributed by atoms with E-state index in [-0.39, 0.29) is 0 Å². The van der Waals surface area contributed by atoms with Crippen molar-refractivity contribution in [1.29, 1.82) is 0 Å². The monoisotopic (exact) mass is 275 g/mol. The second-order valence-electron chi connectivity index (χ2n) is 4.49. The van der Waals surface area contributed by atoms with E-state index in [0.29, 0.717) is 11.8 Å². The molecule has 1 aliphatic carbocycles. The molecule has 0 bridgehead atoms. The molecule has 15 heavy (non-hydrogen) atoms. The molecule has 0 aromatic rings. The van der Waals surface area contributed by atoms with Crippen LogP contribution in [0.2, 0.25) is 0 Å². The maximum absolute atomic E-state index is 12.1. The summed E-state index contributed by atoms with van der Waals surface area (Å²) in [5, 5.41) is 0.981. The molecule has 0 aliphatic heterocycles. The highest BCUT2D eigenvalue weighted by atomic mass is 79.9. The van der Waals surface area contributed by atoms with Crippen LogP contribution in [0, 0.1) is 5.92 Å². The molecule has 1 rings (SSSR count). The van der Waals surface area contributed by atoms with Gasteiger partial charge in [-0.1, -0.05) is 41.6 Å². The predicted molar refractivity (Wildman–Crippen MR) is 67.2 cm³/mol. The zero-order valence-corrected chi connectivity index (χ0v) is 11.3. The number of amides is 1. The third kappa shape index (κ3) is 4.54. The topological polar surface area (TPSA) is 20.3 Å². The fraction of sp³-hybridized carbons (Fsp3) is 0.917. The molecule has 2 nitrogen and oxygen atoms in total. The lowest BCUT2D eigenvalue weighted by molar-refractivity contribution is -0.134. The molecule has 0 radical (unpaired) electrons. The smallest absolute Gasteiger partial charge is 0.225 e. The van der Waals surface area contributed by atoms with Gasteiger partial charge in [-0.15, -0.1) is 0 Å². The van der Waals surface area contributed by atoms with Crippen LogP contribution in [0.4, 0.5) is 0 Å². The summed E-state index contributed by atoms with van der Waals surface area (Å²) in [6.07, 6.45) is 8.37. The van der Waals surface area contributed by atoms with Crippen molar-refractivity contribution in [2.75, 3.05) is 18.9 Å². The fourth-order valence-electron chi connectivity index (χ4n) is 2.25. The molecular weight excluding hydrogens is 254 g/mol. The molecule has 88 valence electrons. The van der Waals surface area contributed by atoms with Gasteiger partial charge in [-0.05, 0) is 19.3 Å². The number of alkyl halides is 1. The maximum atomic E-state index is 12.1. The fourth-order valence-corrected chi connectivity index (χ4v) is 2.50. The zero-order chi connectivity index (χ0) is 11.1. The number of hydrogen-bond donors (Lipinski definition) is 0. The Morgan fingerprint density at radius 2 is 1.87 bits per heavy atom. The highest BCUT2D eigenvalue weighted by Gasteiger charge is 2.22. The van der Waals surface area contributed by atoms with E-state index in [1.807, 2.05) is 11.9 Å². The maximum Gasteiger partial charge on any atom is 0.225 e. The third-order valence-corrected chi connectivity index (χ3v) is 3.77. The van der Waals surface area contributed by atoms with Crippen molar-refractivity contribution < 1.29 is 4.79 Å². The predicted octanol–water partition coefficient (Wildman–Crippen LogP) is 3.20. The molecule has 0 saturated heterocycles. The van der Waals surface area contributed by atoms with Crippen molar-refractivity contribution in [3.63, 3.8) is 0 Å². The van der Waals surface area contributed by atoms with E-state index in [2.05, 4.69) is 15.9 Å². The number of nitrogens with zero attached hydrogens (tertiary/aromatic N) is 1. The summed E-state index contributed by atoms with van der Waals surface area (Å²) < 4.78 is 0. The van der Waals surface area contributed by atoms with Crippen LogP contribution in [0.1, 0.15) is 44.9 Å². The highest BCUT2D eigenvalue weighted by molar-refractivity contribution is 9.09. The highest BCUT2D eigenvalue weighted by Crippen LogP contribution is 2.24. The van der Waals surface area contributed by atoms with Crippen LogP contribution in [-0.4, -0.2) is 29.7 Å². The van der Waals surface area contributed by atoms with Gasteiger partial charge in [0.25, 0.3) is 0 Å². The van der Waals surface area contributed by atoms with E-state index >= 15 is 0 Å². The van der Waals surface area contributed by atoms with Crippen LogP contribution in [0.5, 0.6) is 0 Å². The van der Waals surface area contributed by atoms with Gasteiger partial charge < -0.3 is 4.90 Å². The third-order valence-electron chi connectivity index (χ3n) is 3.21. The summed E-state index contributed by atoms with van der Waals surface area (Å²) in [4.78, 5) is 14.0. The average molecular weight is 276 g/mol. The van der Waals surface area contributed by atoms with Crippen LogP contribution in [0.3, 0.4) is 0 Å². The van der Waals surface area contributed by atoms with Crippen molar-refractivity contribution in [1.82, 2.24) is 4.90 Å². The molecule has 0 aromatic heterocycles. The number of carbonyl (C=O) groups is 1. The van der Waals surface area contributed by atoms with Crippen LogP contribution >= 0.6 is 15.9 Å². The Morgan fingerprint density at radius 1 is 1.27 bits per heavy atom. The van der Waals surface area contributed by atoms with Crippen molar-refractivity contribution in [2.24, 2.45) is 5.92 Å². The minimum Gasteiger partial charge on any atom is -0.345 e. The summed E-state index contributed by atoms with van der Waals surface area (Å²) >= 11 is 3.40. The van der Waals surface area contributed by atoms with E-state index in [9.17, 15) is 4.79 Å². The SMILES string of the molecule is CN(CCCBr)C(=O)C1CCCCCC1. The van der Waals surface area contributed by atoms with E-state index in [1.54, 1.807) is 0 Å². The van der Waals surface area contributed by atoms with E-state index in [4.69, 9.17) is 0 Å². The van der Waals surface area contributed by atoms with E-state index in [0.717, 1.165) is 31.1 Å². The van der Waals surface area contributed by atoms with E-state index in [1.165, 1.54) is 25.7 Å². The second kappa shape index (κ2) is 7.26. The number of halogens is 1. The van der Waals surface area contributed by atoms with Gasteiger partial charge in [-0.25, -0.2) is 0 Å². The minimum absolute atomic E-state index is 0.313. The Labute approximate surface area is 102 Å². The van der Waals surface area contributed by atoms with Gasteiger partial charge in [0.05, 0.1) is 0 Å². The first-order valence-electron chi connectivity index (χ1n) is 6.06. The Kier molecular flexibility index (Phi) is 6.30. The summed E-state index contributed by atoms with van der Waals surface area (Å²) in [5.41, 5.74) is 0. The first-order chi connectivity index (χ1) is 7.25. The van der Waals surface area contributed by atoms with Crippen molar-refractivity contribution in [3.8, 4) is 0 Å². The quantitative estimate of drug-likeness (QED) is 0.570. The first kappa shape index (κ1) is 13.0. The lowest BCUT2D eigenvalue weighted by Crippen LogP contribution is -2.33. The summed E-state index contributed by atoms with van der Waals surface area (Å²) in [7, 11) is 1.94. The Hall–Kier alpha value is -0.0500. The molecule has 1 amide bonds. The molecule has 1 aliphatic rings. The largest absolute Gasteiger partial charge is 0.345 e. The lowest BCUT2D eigenvalue weighted by atomic mass is 9.99. The summed E-state index contributed by atoms with van der Waals surface area (Å²) in [6, 6.07) is 0. The number of hydrogen-bond acceptors (Lipinski definition) is 1. The normalized spacial score (nSPS) is 18.5. The van der Waals surface area contributed by atoms with Gasteiger partial charge in [0.15, 0.2) is 0 Å². The lowest BCUT2D eigenvalue weighted by Gasteiger charge is -2.22. The Bertz CT molecular complexity index is 188. The number of carbonyl (C=O) groups excluding carboxylic acids is 1. The van der Waals surface area contributed by atoms with Crippen LogP contribution in [-0.2, 0) is 4.79 Å². The van der Waals surface area contributed by atoms with Gasteiger partial charge in [-0.2, -0.15) is 0 Å². The molecular formula is C12H22BrNO. The molecule has 0 N–H and O–H groups in total. The van der Waals surface area contributed by atoms with Crippen molar-refractivity contribution >= 4 is 21.8 Å². The molecule has 1 saturated carbocycles. The molecule has 0 aromatic carbocycles. The van der Waals surface area contributed by atoms with Crippen LogP contribution in [0.25, 0.3) is 0 Å². The molecule has 0 unspecified atom stereocenters. The van der Waals surface area contributed by atoms with Crippen LogP contribution in [0.15, 0.2) is 0 Å². The molecule has 0 heterocycles. The van der Waals surface area contributed by atoms with E-state index < -0.39 is 0 Å². The Balaban J connectivity index is 2.35. The summed E-state index contributed by atoms with van der Waals surface area (Å²) in [6.45, 7) is 0.889. The van der Waals surface area contributed by atoms with Gasteiger partial charge >= 0.3 is 0 Å². The van der Waals surface area contributed by atoms with Gasteiger partial charge in [0.1, 0.15) is 0 Å².